The fraction of sp³-hybridized carbons (Fsp3) is 0.579. The molecule has 0 saturated carbocycles. The van der Waals surface area contributed by atoms with E-state index in [9.17, 15) is 9.59 Å². The zero-order chi connectivity index (χ0) is 17.1. The van der Waals surface area contributed by atoms with E-state index < -0.39 is 0 Å². The second-order valence-electron chi connectivity index (χ2n) is 6.55. The predicted octanol–water partition coefficient (Wildman–Crippen LogP) is 2.34. The Bertz CT molecular complexity index is 617. The van der Waals surface area contributed by atoms with Gasteiger partial charge in [0.2, 0.25) is 5.91 Å². The maximum Gasteiger partial charge on any atom is 0.253 e. The van der Waals surface area contributed by atoms with E-state index in [4.69, 9.17) is 4.74 Å². The fourth-order valence-electron chi connectivity index (χ4n) is 3.53. The van der Waals surface area contributed by atoms with Crippen molar-refractivity contribution in [2.45, 2.75) is 33.1 Å². The molecule has 0 atom stereocenters. The van der Waals surface area contributed by atoms with Crippen LogP contribution in [-0.4, -0.2) is 54.4 Å². The van der Waals surface area contributed by atoms with Gasteiger partial charge in [-0.3, -0.25) is 9.59 Å². The van der Waals surface area contributed by atoms with Crippen LogP contribution >= 0.6 is 0 Å². The average molecular weight is 330 g/mol. The third-order valence-corrected chi connectivity index (χ3v) is 5.15. The molecule has 0 spiro atoms. The van der Waals surface area contributed by atoms with Gasteiger partial charge in [0.15, 0.2) is 0 Å². The maximum atomic E-state index is 12.7. The molecule has 1 saturated heterocycles. The van der Waals surface area contributed by atoms with E-state index in [2.05, 4.69) is 13.8 Å². The normalized spacial score (nSPS) is 17.0. The van der Waals surface area contributed by atoms with Gasteiger partial charge in [0.1, 0.15) is 5.75 Å². The summed E-state index contributed by atoms with van der Waals surface area (Å²) in [4.78, 5) is 28.9. The summed E-state index contributed by atoms with van der Waals surface area (Å²) in [5.41, 5.74) is 1.84. The molecular weight excluding hydrogens is 304 g/mol. The van der Waals surface area contributed by atoms with Crippen molar-refractivity contribution in [1.29, 1.82) is 0 Å². The van der Waals surface area contributed by atoms with Crippen LogP contribution in [0.5, 0.6) is 5.75 Å². The molecule has 0 radical (unpaired) electrons. The Balaban J connectivity index is 1.60. The van der Waals surface area contributed by atoms with Crippen molar-refractivity contribution in [2.75, 3.05) is 32.8 Å². The number of carbonyl (C=O) groups excluding carboxylic acids is 2. The van der Waals surface area contributed by atoms with E-state index >= 15 is 0 Å². The van der Waals surface area contributed by atoms with Crippen molar-refractivity contribution in [1.82, 2.24) is 9.80 Å². The van der Waals surface area contributed by atoms with Crippen LogP contribution in [0.4, 0.5) is 0 Å². The molecule has 3 rings (SSSR count). The summed E-state index contributed by atoms with van der Waals surface area (Å²) < 4.78 is 5.49. The first kappa shape index (κ1) is 16.8. The number of rotatable bonds is 4. The standard InChI is InChI=1S/C19H26N2O3/c1-3-14(4-2)18(22)20-8-10-21(11-9-20)19(23)16-5-6-17-15(13-16)7-12-24-17/h5-6,13-14H,3-4,7-12H2,1-2H3. The van der Waals surface area contributed by atoms with Crippen LogP contribution < -0.4 is 4.74 Å². The van der Waals surface area contributed by atoms with E-state index in [1.807, 2.05) is 28.0 Å². The minimum absolute atomic E-state index is 0.0549. The van der Waals surface area contributed by atoms with Gasteiger partial charge < -0.3 is 14.5 Å². The highest BCUT2D eigenvalue weighted by Gasteiger charge is 2.28. The lowest BCUT2D eigenvalue weighted by Gasteiger charge is -2.36. The highest BCUT2D eigenvalue weighted by molar-refractivity contribution is 5.95. The number of fused-ring (bicyclic) bond motifs is 1. The van der Waals surface area contributed by atoms with Gasteiger partial charge in [-0.05, 0) is 36.6 Å². The lowest BCUT2D eigenvalue weighted by molar-refractivity contribution is -0.137. The number of ether oxygens (including phenoxy) is 1. The summed E-state index contributed by atoms with van der Waals surface area (Å²) in [6, 6.07) is 5.68. The number of piperazine rings is 1. The zero-order valence-electron chi connectivity index (χ0n) is 14.6. The van der Waals surface area contributed by atoms with Gasteiger partial charge in [0.05, 0.1) is 6.61 Å². The number of hydrogen-bond acceptors (Lipinski definition) is 3. The number of hydrogen-bond donors (Lipinski definition) is 0. The summed E-state index contributed by atoms with van der Waals surface area (Å²) in [5.74, 6) is 1.30. The first-order valence-corrected chi connectivity index (χ1v) is 8.97. The molecule has 0 unspecified atom stereocenters. The van der Waals surface area contributed by atoms with E-state index in [0.29, 0.717) is 32.8 Å². The molecule has 1 aromatic carbocycles. The number of benzene rings is 1. The second-order valence-corrected chi connectivity index (χ2v) is 6.55. The molecule has 2 amide bonds. The van der Waals surface area contributed by atoms with Crippen LogP contribution in [0.2, 0.25) is 0 Å². The van der Waals surface area contributed by atoms with Crippen molar-refractivity contribution in [3.63, 3.8) is 0 Å². The molecule has 5 nitrogen and oxygen atoms in total. The summed E-state index contributed by atoms with van der Waals surface area (Å²) in [6.07, 6.45) is 2.63. The Morgan fingerprint density at radius 1 is 1.08 bits per heavy atom. The van der Waals surface area contributed by atoms with Crippen LogP contribution in [0.15, 0.2) is 18.2 Å². The second kappa shape index (κ2) is 7.24. The topological polar surface area (TPSA) is 49.9 Å². The number of amides is 2. The minimum Gasteiger partial charge on any atom is -0.493 e. The Morgan fingerprint density at radius 2 is 1.75 bits per heavy atom. The Kier molecular flexibility index (Phi) is 5.07. The van der Waals surface area contributed by atoms with E-state index in [0.717, 1.165) is 36.1 Å². The molecule has 2 heterocycles. The van der Waals surface area contributed by atoms with E-state index in [1.54, 1.807) is 0 Å². The molecule has 1 aromatic rings. The minimum atomic E-state index is 0.0549. The molecular formula is C19H26N2O3. The van der Waals surface area contributed by atoms with Gasteiger partial charge in [0, 0.05) is 44.1 Å². The number of carbonyl (C=O) groups is 2. The zero-order valence-corrected chi connectivity index (χ0v) is 14.6. The summed E-state index contributed by atoms with van der Waals surface area (Å²) in [5, 5.41) is 0. The lowest BCUT2D eigenvalue weighted by Crippen LogP contribution is -2.51. The van der Waals surface area contributed by atoms with Crippen LogP contribution in [0, 0.1) is 5.92 Å². The molecule has 0 aromatic heterocycles. The third kappa shape index (κ3) is 3.25. The van der Waals surface area contributed by atoms with Crippen LogP contribution in [0.25, 0.3) is 0 Å². The quantitative estimate of drug-likeness (QED) is 0.851. The molecule has 130 valence electrons. The number of nitrogens with zero attached hydrogens (tertiary/aromatic N) is 2. The highest BCUT2D eigenvalue weighted by atomic mass is 16.5. The van der Waals surface area contributed by atoms with Gasteiger partial charge in [-0.15, -0.1) is 0 Å². The Hall–Kier alpha value is -2.04. The Morgan fingerprint density at radius 3 is 2.42 bits per heavy atom. The molecule has 24 heavy (non-hydrogen) atoms. The lowest BCUT2D eigenvalue weighted by atomic mass is 10.0. The molecule has 2 aliphatic heterocycles. The molecule has 2 aliphatic rings. The molecule has 0 bridgehead atoms. The van der Waals surface area contributed by atoms with Crippen molar-refractivity contribution in [2.24, 2.45) is 5.92 Å². The predicted molar refractivity (Wildman–Crippen MR) is 92.2 cm³/mol. The fourth-order valence-corrected chi connectivity index (χ4v) is 3.53. The molecule has 1 fully saturated rings. The van der Waals surface area contributed by atoms with Crippen molar-refractivity contribution in [3.8, 4) is 5.75 Å². The van der Waals surface area contributed by atoms with Crippen molar-refractivity contribution in [3.05, 3.63) is 29.3 Å². The summed E-state index contributed by atoms with van der Waals surface area (Å²) in [6.45, 7) is 7.30. The van der Waals surface area contributed by atoms with E-state index in [-0.39, 0.29) is 17.7 Å². The van der Waals surface area contributed by atoms with Crippen LogP contribution in [0.1, 0.15) is 42.6 Å². The van der Waals surface area contributed by atoms with Crippen LogP contribution in [-0.2, 0) is 11.2 Å². The van der Waals surface area contributed by atoms with Gasteiger partial charge in [0.25, 0.3) is 5.91 Å². The SMILES string of the molecule is CCC(CC)C(=O)N1CCN(C(=O)c2ccc3c(c2)CCO3)CC1. The largest absolute Gasteiger partial charge is 0.493 e. The van der Waals surface area contributed by atoms with Gasteiger partial charge in [-0.2, -0.15) is 0 Å². The third-order valence-electron chi connectivity index (χ3n) is 5.15. The molecule has 0 aliphatic carbocycles. The van der Waals surface area contributed by atoms with Gasteiger partial charge >= 0.3 is 0 Å². The van der Waals surface area contributed by atoms with Crippen LogP contribution in [0.3, 0.4) is 0 Å². The molecule has 0 N–H and O–H groups in total. The van der Waals surface area contributed by atoms with Crippen molar-refractivity contribution < 1.29 is 14.3 Å². The monoisotopic (exact) mass is 330 g/mol. The maximum absolute atomic E-state index is 12.7. The average Bonchev–Trinajstić information content (AvgIpc) is 3.10. The van der Waals surface area contributed by atoms with E-state index in [1.165, 1.54) is 0 Å². The molecule has 5 heteroatoms. The Labute approximate surface area is 143 Å². The van der Waals surface area contributed by atoms with Gasteiger partial charge in [-0.25, -0.2) is 0 Å². The summed E-state index contributed by atoms with van der Waals surface area (Å²) in [7, 11) is 0. The smallest absolute Gasteiger partial charge is 0.253 e. The first-order chi connectivity index (χ1) is 11.6. The van der Waals surface area contributed by atoms with Crippen molar-refractivity contribution >= 4 is 11.8 Å². The first-order valence-electron chi connectivity index (χ1n) is 8.97. The van der Waals surface area contributed by atoms with Gasteiger partial charge in [-0.1, -0.05) is 13.8 Å². The summed E-state index contributed by atoms with van der Waals surface area (Å²) >= 11 is 0. The highest BCUT2D eigenvalue weighted by Crippen LogP contribution is 2.26.